The van der Waals surface area contributed by atoms with Gasteiger partial charge in [-0.05, 0) is 43.0 Å². The van der Waals surface area contributed by atoms with Crippen molar-refractivity contribution in [2.45, 2.75) is 31.2 Å². The molecule has 2 saturated heterocycles. The van der Waals surface area contributed by atoms with Gasteiger partial charge < -0.3 is 9.80 Å². The highest BCUT2D eigenvalue weighted by Crippen LogP contribution is 2.25. The Morgan fingerprint density at radius 2 is 1.52 bits per heavy atom. The van der Waals surface area contributed by atoms with Crippen molar-refractivity contribution < 1.29 is 9.59 Å². The van der Waals surface area contributed by atoms with Gasteiger partial charge in [0.2, 0.25) is 5.91 Å². The molecule has 2 fully saturated rings. The van der Waals surface area contributed by atoms with E-state index in [1.54, 1.807) is 0 Å². The van der Waals surface area contributed by atoms with Gasteiger partial charge in [-0.15, -0.1) is 11.8 Å². The van der Waals surface area contributed by atoms with Crippen LogP contribution in [0, 0.1) is 6.92 Å². The van der Waals surface area contributed by atoms with Crippen molar-refractivity contribution >= 4 is 23.6 Å². The molecule has 0 saturated carbocycles. The molecule has 2 aliphatic rings. The standard InChI is InChI=1S/C25H31N3O2S/c1-20-8-2-3-9-21(20)18-26-14-16-28(17-15-26)25(30)22-10-4-5-11-23(22)31-19-24(29)27-12-6-7-13-27/h2-5,8-11H,6-7,12-19H2,1H3. The number of nitrogens with zero attached hydrogens (tertiary/aromatic N) is 3. The molecule has 0 atom stereocenters. The summed E-state index contributed by atoms with van der Waals surface area (Å²) >= 11 is 1.49. The van der Waals surface area contributed by atoms with Crippen LogP contribution in [-0.2, 0) is 11.3 Å². The Kier molecular flexibility index (Phi) is 7.30. The smallest absolute Gasteiger partial charge is 0.255 e. The minimum absolute atomic E-state index is 0.0762. The summed E-state index contributed by atoms with van der Waals surface area (Å²) in [5.41, 5.74) is 3.39. The van der Waals surface area contributed by atoms with Crippen LogP contribution in [0.4, 0.5) is 0 Å². The van der Waals surface area contributed by atoms with Crippen molar-refractivity contribution in [3.8, 4) is 0 Å². The van der Waals surface area contributed by atoms with Gasteiger partial charge in [-0.3, -0.25) is 14.5 Å². The Labute approximate surface area is 189 Å². The second-order valence-electron chi connectivity index (χ2n) is 8.37. The van der Waals surface area contributed by atoms with E-state index in [2.05, 4.69) is 36.1 Å². The molecule has 2 amide bonds. The third-order valence-corrected chi connectivity index (χ3v) is 7.30. The van der Waals surface area contributed by atoms with Crippen molar-refractivity contribution in [3.63, 3.8) is 0 Å². The summed E-state index contributed by atoms with van der Waals surface area (Å²) < 4.78 is 0. The molecule has 0 unspecified atom stereocenters. The van der Waals surface area contributed by atoms with Gasteiger partial charge in [-0.1, -0.05) is 36.4 Å². The van der Waals surface area contributed by atoms with Crippen LogP contribution in [0.1, 0.15) is 34.3 Å². The summed E-state index contributed by atoms with van der Waals surface area (Å²) in [6.45, 7) is 8.04. The van der Waals surface area contributed by atoms with Crippen LogP contribution in [0.2, 0.25) is 0 Å². The first kappa shape index (κ1) is 21.9. The maximum atomic E-state index is 13.2. The van der Waals surface area contributed by atoms with Gasteiger partial charge >= 0.3 is 0 Å². The van der Waals surface area contributed by atoms with E-state index in [1.807, 2.05) is 34.1 Å². The normalized spacial score (nSPS) is 17.2. The van der Waals surface area contributed by atoms with Crippen LogP contribution < -0.4 is 0 Å². The molecule has 0 N–H and O–H groups in total. The Bertz CT molecular complexity index is 918. The minimum Gasteiger partial charge on any atom is -0.342 e. The van der Waals surface area contributed by atoms with Crippen LogP contribution in [0.25, 0.3) is 0 Å². The minimum atomic E-state index is 0.0762. The number of carbonyl (C=O) groups is 2. The lowest BCUT2D eigenvalue weighted by atomic mass is 10.1. The van der Waals surface area contributed by atoms with Gasteiger partial charge in [0.05, 0.1) is 11.3 Å². The number of carbonyl (C=O) groups excluding carboxylic acids is 2. The lowest BCUT2D eigenvalue weighted by Gasteiger charge is -2.35. The number of hydrogen-bond acceptors (Lipinski definition) is 4. The van der Waals surface area contributed by atoms with Crippen LogP contribution in [0.15, 0.2) is 53.4 Å². The summed E-state index contributed by atoms with van der Waals surface area (Å²) in [5.74, 6) is 0.649. The quantitative estimate of drug-likeness (QED) is 0.647. The van der Waals surface area contributed by atoms with Gasteiger partial charge in [0.25, 0.3) is 5.91 Å². The molecule has 6 heteroatoms. The van der Waals surface area contributed by atoms with Crippen molar-refractivity contribution in [1.82, 2.24) is 14.7 Å². The summed E-state index contributed by atoms with van der Waals surface area (Å²) in [5, 5.41) is 0. The van der Waals surface area contributed by atoms with Crippen LogP contribution >= 0.6 is 11.8 Å². The molecule has 2 aromatic rings. The van der Waals surface area contributed by atoms with Gasteiger partial charge in [-0.2, -0.15) is 0 Å². The average Bonchev–Trinajstić information content (AvgIpc) is 3.34. The highest BCUT2D eigenvalue weighted by molar-refractivity contribution is 8.00. The maximum absolute atomic E-state index is 13.2. The van der Waals surface area contributed by atoms with Crippen molar-refractivity contribution in [2.75, 3.05) is 45.0 Å². The molecule has 5 nitrogen and oxygen atoms in total. The topological polar surface area (TPSA) is 43.9 Å². The van der Waals surface area contributed by atoms with Crippen molar-refractivity contribution in [1.29, 1.82) is 0 Å². The SMILES string of the molecule is Cc1ccccc1CN1CCN(C(=O)c2ccccc2SCC(=O)N2CCCC2)CC1. The van der Waals surface area contributed by atoms with Crippen LogP contribution in [-0.4, -0.2) is 71.5 Å². The highest BCUT2D eigenvalue weighted by Gasteiger charge is 2.25. The van der Waals surface area contributed by atoms with E-state index in [0.29, 0.717) is 11.3 Å². The maximum Gasteiger partial charge on any atom is 0.255 e. The number of amides is 2. The lowest BCUT2D eigenvalue weighted by molar-refractivity contribution is -0.127. The molecule has 4 rings (SSSR count). The molecule has 0 aliphatic carbocycles. The Hall–Kier alpha value is -2.31. The Morgan fingerprint density at radius 3 is 2.26 bits per heavy atom. The highest BCUT2D eigenvalue weighted by atomic mass is 32.2. The number of hydrogen-bond donors (Lipinski definition) is 0. The summed E-state index contributed by atoms with van der Waals surface area (Å²) in [6.07, 6.45) is 2.20. The zero-order valence-corrected chi connectivity index (χ0v) is 19.1. The second-order valence-corrected chi connectivity index (χ2v) is 9.38. The van der Waals surface area contributed by atoms with Gasteiger partial charge in [0.15, 0.2) is 0 Å². The first-order valence-electron chi connectivity index (χ1n) is 11.2. The molecular formula is C25H31N3O2S. The number of likely N-dealkylation sites (tertiary alicyclic amines) is 1. The first-order chi connectivity index (χ1) is 15.1. The fourth-order valence-electron chi connectivity index (χ4n) is 4.27. The lowest BCUT2D eigenvalue weighted by Crippen LogP contribution is -2.48. The van der Waals surface area contributed by atoms with Crippen LogP contribution in [0.3, 0.4) is 0 Å². The summed E-state index contributed by atoms with van der Waals surface area (Å²) in [7, 11) is 0. The van der Waals surface area contributed by atoms with Gasteiger partial charge in [-0.25, -0.2) is 0 Å². The average molecular weight is 438 g/mol. The van der Waals surface area contributed by atoms with E-state index in [4.69, 9.17) is 0 Å². The monoisotopic (exact) mass is 437 g/mol. The second kappa shape index (κ2) is 10.3. The van der Waals surface area contributed by atoms with Crippen LogP contribution in [0.5, 0.6) is 0 Å². The predicted octanol–water partition coefficient (Wildman–Crippen LogP) is 3.67. The molecule has 2 aliphatic heterocycles. The predicted molar refractivity (Wildman–Crippen MR) is 125 cm³/mol. The number of aryl methyl sites for hydroxylation is 1. The van der Waals surface area contributed by atoms with Gasteiger partial charge in [0.1, 0.15) is 0 Å². The molecule has 0 bridgehead atoms. The molecular weight excluding hydrogens is 406 g/mol. The zero-order chi connectivity index (χ0) is 21.6. The van der Waals surface area contributed by atoms with E-state index in [0.717, 1.165) is 63.6 Å². The van der Waals surface area contributed by atoms with Crippen molar-refractivity contribution in [2.24, 2.45) is 0 Å². The number of benzene rings is 2. The Morgan fingerprint density at radius 1 is 0.839 bits per heavy atom. The van der Waals surface area contributed by atoms with Gasteiger partial charge in [0, 0.05) is 50.7 Å². The number of thioether (sulfide) groups is 1. The number of rotatable bonds is 6. The fourth-order valence-corrected chi connectivity index (χ4v) is 5.22. The third-order valence-electron chi connectivity index (χ3n) is 6.24. The molecule has 0 radical (unpaired) electrons. The van der Waals surface area contributed by atoms with E-state index >= 15 is 0 Å². The fraction of sp³-hybridized carbons (Fsp3) is 0.440. The zero-order valence-electron chi connectivity index (χ0n) is 18.3. The Balaban J connectivity index is 1.33. The first-order valence-corrected chi connectivity index (χ1v) is 12.2. The van der Waals surface area contributed by atoms with E-state index in [-0.39, 0.29) is 11.8 Å². The molecule has 0 spiro atoms. The van der Waals surface area contributed by atoms with E-state index in [9.17, 15) is 9.59 Å². The molecule has 164 valence electrons. The molecule has 2 aromatic carbocycles. The van der Waals surface area contributed by atoms with E-state index in [1.165, 1.54) is 22.9 Å². The third kappa shape index (κ3) is 5.49. The summed E-state index contributed by atoms with van der Waals surface area (Å²) in [4.78, 5) is 32.9. The van der Waals surface area contributed by atoms with Crippen molar-refractivity contribution in [3.05, 3.63) is 65.2 Å². The number of piperazine rings is 1. The molecule has 2 heterocycles. The summed E-state index contributed by atoms with van der Waals surface area (Å²) in [6, 6.07) is 16.2. The molecule has 31 heavy (non-hydrogen) atoms. The van der Waals surface area contributed by atoms with E-state index < -0.39 is 0 Å². The largest absolute Gasteiger partial charge is 0.342 e. The molecule has 0 aromatic heterocycles.